The molecule has 1 aromatic carbocycles. The van der Waals surface area contributed by atoms with Gasteiger partial charge in [0.15, 0.2) is 0 Å². The highest BCUT2D eigenvalue weighted by atomic mass is 16.4. The van der Waals surface area contributed by atoms with Gasteiger partial charge in [-0.25, -0.2) is 9.48 Å². The minimum atomic E-state index is -0.966. The first kappa shape index (κ1) is 18.0. The summed E-state index contributed by atoms with van der Waals surface area (Å²) in [5.74, 6) is -1.00. The van der Waals surface area contributed by atoms with E-state index in [4.69, 9.17) is 0 Å². The van der Waals surface area contributed by atoms with E-state index in [0.29, 0.717) is 24.3 Å². The van der Waals surface area contributed by atoms with Crippen LogP contribution in [0.5, 0.6) is 0 Å². The normalized spacial score (nSPS) is 15.0. The Bertz CT molecular complexity index is 1000. The number of piperidine rings is 1. The molecule has 3 aromatic rings. The molecule has 8 nitrogen and oxygen atoms in total. The molecule has 1 aliphatic rings. The van der Waals surface area contributed by atoms with Gasteiger partial charge in [0.05, 0.1) is 35.4 Å². The summed E-state index contributed by atoms with van der Waals surface area (Å²) in [5, 5.41) is 17.7. The molecule has 0 spiro atoms. The fraction of sp³-hybridized carbons (Fsp3) is 0.300. The predicted octanol–water partition coefficient (Wildman–Crippen LogP) is 2.55. The zero-order valence-electron chi connectivity index (χ0n) is 15.5. The van der Waals surface area contributed by atoms with E-state index < -0.39 is 5.97 Å². The number of carboxylic acid groups (broad SMARTS) is 1. The number of nitrogens with zero attached hydrogens (tertiary/aromatic N) is 5. The van der Waals surface area contributed by atoms with E-state index in [-0.39, 0.29) is 17.5 Å². The zero-order chi connectivity index (χ0) is 19.7. The Morgan fingerprint density at radius 1 is 1.07 bits per heavy atom. The van der Waals surface area contributed by atoms with Crippen molar-refractivity contribution in [1.29, 1.82) is 0 Å². The minimum absolute atomic E-state index is 0.0379. The van der Waals surface area contributed by atoms with Crippen LogP contribution in [-0.2, 0) is 0 Å². The Hall–Kier alpha value is -3.42. The van der Waals surface area contributed by atoms with E-state index in [1.54, 1.807) is 28.7 Å². The van der Waals surface area contributed by atoms with Crippen molar-refractivity contribution in [3.63, 3.8) is 0 Å². The first-order valence-corrected chi connectivity index (χ1v) is 9.21. The molecule has 0 saturated carbocycles. The van der Waals surface area contributed by atoms with E-state index in [0.717, 1.165) is 18.5 Å². The second-order valence-corrected chi connectivity index (χ2v) is 6.93. The molecule has 4 rings (SSSR count). The minimum Gasteiger partial charge on any atom is -0.478 e. The predicted molar refractivity (Wildman–Crippen MR) is 102 cm³/mol. The van der Waals surface area contributed by atoms with Crippen molar-refractivity contribution in [3.05, 3.63) is 65.7 Å². The molecule has 3 heterocycles. The van der Waals surface area contributed by atoms with Gasteiger partial charge in [-0.2, -0.15) is 10.2 Å². The first-order valence-electron chi connectivity index (χ1n) is 9.21. The van der Waals surface area contributed by atoms with Gasteiger partial charge in [-0.15, -0.1) is 0 Å². The molecular weight excluding hydrogens is 358 g/mol. The molecule has 0 unspecified atom stereocenters. The largest absolute Gasteiger partial charge is 0.478 e. The Morgan fingerprint density at radius 2 is 1.79 bits per heavy atom. The van der Waals surface area contributed by atoms with Crippen LogP contribution >= 0.6 is 0 Å². The zero-order valence-corrected chi connectivity index (χ0v) is 15.5. The lowest BCUT2D eigenvalue weighted by Gasteiger charge is -2.32. The first-order chi connectivity index (χ1) is 13.5. The summed E-state index contributed by atoms with van der Waals surface area (Å²) < 4.78 is 3.47. The van der Waals surface area contributed by atoms with Gasteiger partial charge >= 0.3 is 5.97 Å². The molecular formula is C20H21N5O3. The number of aromatic carboxylic acids is 1. The summed E-state index contributed by atoms with van der Waals surface area (Å²) in [4.78, 5) is 25.8. The molecule has 0 radical (unpaired) electrons. The molecule has 2 aromatic heterocycles. The van der Waals surface area contributed by atoms with Gasteiger partial charge in [-0.3, -0.25) is 9.48 Å². The Balaban J connectivity index is 1.42. The molecule has 28 heavy (non-hydrogen) atoms. The highest BCUT2D eigenvalue weighted by Crippen LogP contribution is 2.25. The van der Waals surface area contributed by atoms with Crippen molar-refractivity contribution in [2.75, 3.05) is 13.1 Å². The topological polar surface area (TPSA) is 93.2 Å². The average molecular weight is 379 g/mol. The quantitative estimate of drug-likeness (QED) is 0.752. The molecule has 0 atom stereocenters. The summed E-state index contributed by atoms with van der Waals surface area (Å²) >= 11 is 0. The number of aromatic nitrogens is 4. The van der Waals surface area contributed by atoms with Gasteiger partial charge in [0, 0.05) is 19.3 Å². The second-order valence-electron chi connectivity index (χ2n) is 6.93. The maximum Gasteiger partial charge on any atom is 0.339 e. The van der Waals surface area contributed by atoms with Gasteiger partial charge < -0.3 is 10.0 Å². The van der Waals surface area contributed by atoms with Crippen molar-refractivity contribution >= 4 is 11.9 Å². The molecule has 1 fully saturated rings. The van der Waals surface area contributed by atoms with Crippen LogP contribution in [0, 0.1) is 6.92 Å². The standard InChI is InChI=1S/C20H21N5O3/c1-14-18(20(27)28)12-22-25(14)17-7-9-23(10-8-17)19(26)15-11-21-24(13-15)16-5-3-2-4-6-16/h2-6,11-13,17H,7-10H2,1H3,(H,27,28). The number of carboxylic acids is 1. The highest BCUT2D eigenvalue weighted by molar-refractivity contribution is 5.94. The number of hydrogen-bond acceptors (Lipinski definition) is 4. The van der Waals surface area contributed by atoms with Crippen LogP contribution in [-0.4, -0.2) is 54.5 Å². The molecule has 0 aliphatic carbocycles. The fourth-order valence-electron chi connectivity index (χ4n) is 3.65. The number of carbonyl (C=O) groups excluding carboxylic acids is 1. The van der Waals surface area contributed by atoms with Crippen molar-refractivity contribution in [2.45, 2.75) is 25.8 Å². The van der Waals surface area contributed by atoms with Gasteiger partial charge in [0.1, 0.15) is 5.56 Å². The molecule has 1 N–H and O–H groups in total. The maximum absolute atomic E-state index is 12.8. The molecule has 1 aliphatic heterocycles. The van der Waals surface area contributed by atoms with Gasteiger partial charge in [-0.1, -0.05) is 18.2 Å². The SMILES string of the molecule is Cc1c(C(=O)O)cnn1C1CCN(C(=O)c2cnn(-c3ccccc3)c2)CC1. The second kappa shape index (κ2) is 7.30. The van der Waals surface area contributed by atoms with Crippen LogP contribution in [0.2, 0.25) is 0 Å². The van der Waals surface area contributed by atoms with Crippen molar-refractivity contribution in [1.82, 2.24) is 24.5 Å². The molecule has 144 valence electrons. The van der Waals surface area contributed by atoms with Gasteiger partial charge in [-0.05, 0) is 31.9 Å². The fourth-order valence-corrected chi connectivity index (χ4v) is 3.65. The number of para-hydroxylation sites is 1. The average Bonchev–Trinajstić information content (AvgIpc) is 3.35. The lowest BCUT2D eigenvalue weighted by molar-refractivity contribution is 0.0688. The van der Waals surface area contributed by atoms with Crippen molar-refractivity contribution in [3.8, 4) is 5.69 Å². The van der Waals surface area contributed by atoms with E-state index in [1.807, 2.05) is 35.2 Å². The number of rotatable bonds is 4. The van der Waals surface area contributed by atoms with E-state index in [2.05, 4.69) is 10.2 Å². The monoisotopic (exact) mass is 379 g/mol. The van der Waals surface area contributed by atoms with Crippen LogP contribution in [0.3, 0.4) is 0 Å². The van der Waals surface area contributed by atoms with E-state index in [1.165, 1.54) is 6.20 Å². The van der Waals surface area contributed by atoms with Crippen LogP contribution < -0.4 is 0 Å². The smallest absolute Gasteiger partial charge is 0.339 e. The summed E-state index contributed by atoms with van der Waals surface area (Å²) in [6, 6.07) is 9.76. The highest BCUT2D eigenvalue weighted by Gasteiger charge is 2.27. The summed E-state index contributed by atoms with van der Waals surface area (Å²) in [6.45, 7) is 2.97. The van der Waals surface area contributed by atoms with Crippen molar-refractivity contribution < 1.29 is 14.7 Å². The Labute approximate surface area is 162 Å². The summed E-state index contributed by atoms with van der Waals surface area (Å²) in [5.41, 5.74) is 2.35. The van der Waals surface area contributed by atoms with Gasteiger partial charge in [0.2, 0.25) is 0 Å². The van der Waals surface area contributed by atoms with E-state index >= 15 is 0 Å². The number of hydrogen-bond donors (Lipinski definition) is 1. The Morgan fingerprint density at radius 3 is 2.43 bits per heavy atom. The molecule has 0 bridgehead atoms. The van der Waals surface area contributed by atoms with E-state index in [9.17, 15) is 14.7 Å². The third-order valence-corrected chi connectivity index (χ3v) is 5.22. The Kier molecular flexibility index (Phi) is 4.68. The maximum atomic E-state index is 12.8. The molecule has 1 amide bonds. The lowest BCUT2D eigenvalue weighted by atomic mass is 10.0. The van der Waals surface area contributed by atoms with Gasteiger partial charge in [0.25, 0.3) is 5.91 Å². The van der Waals surface area contributed by atoms with Crippen LogP contribution in [0.25, 0.3) is 5.69 Å². The molecule has 1 saturated heterocycles. The number of amides is 1. The van der Waals surface area contributed by atoms with Crippen LogP contribution in [0.4, 0.5) is 0 Å². The summed E-state index contributed by atoms with van der Waals surface area (Å²) in [6.07, 6.45) is 6.21. The number of likely N-dealkylation sites (tertiary alicyclic amines) is 1. The molecule has 8 heteroatoms. The summed E-state index contributed by atoms with van der Waals surface area (Å²) in [7, 11) is 0. The number of benzene rings is 1. The van der Waals surface area contributed by atoms with Crippen molar-refractivity contribution in [2.24, 2.45) is 0 Å². The lowest BCUT2D eigenvalue weighted by Crippen LogP contribution is -2.39. The van der Waals surface area contributed by atoms with Crippen LogP contribution in [0.1, 0.15) is 45.3 Å². The number of carbonyl (C=O) groups is 2. The van der Waals surface area contributed by atoms with Crippen LogP contribution in [0.15, 0.2) is 48.9 Å². The third kappa shape index (κ3) is 3.28. The third-order valence-electron chi connectivity index (χ3n) is 5.22.